The summed E-state index contributed by atoms with van der Waals surface area (Å²) in [5.41, 5.74) is 0.583. The van der Waals surface area contributed by atoms with Crippen molar-refractivity contribution in [3.05, 3.63) is 42.0 Å². The molecule has 2 aromatic rings. The molecular formula is C31H44ClN3O3. The Morgan fingerprint density at radius 1 is 1.00 bits per heavy atom. The molecule has 1 atom stereocenters. The number of hydrogen-bond acceptors (Lipinski definition) is 4. The molecule has 1 spiro atoms. The molecule has 0 radical (unpaired) electrons. The molecule has 1 unspecified atom stereocenters. The van der Waals surface area contributed by atoms with E-state index in [1.54, 1.807) is 7.11 Å². The molecule has 0 aromatic heterocycles. The summed E-state index contributed by atoms with van der Waals surface area (Å²) >= 11 is 0. The van der Waals surface area contributed by atoms with Crippen LogP contribution < -0.4 is 10.1 Å². The van der Waals surface area contributed by atoms with E-state index in [2.05, 4.69) is 47.5 Å². The summed E-state index contributed by atoms with van der Waals surface area (Å²) in [6.07, 6.45) is 10.4. The van der Waals surface area contributed by atoms with E-state index >= 15 is 0 Å². The Kier molecular flexibility index (Phi) is 9.59. The van der Waals surface area contributed by atoms with Crippen molar-refractivity contribution in [2.45, 2.75) is 89.3 Å². The van der Waals surface area contributed by atoms with Gasteiger partial charge in [0.1, 0.15) is 17.3 Å². The third-order valence-corrected chi connectivity index (χ3v) is 9.04. The summed E-state index contributed by atoms with van der Waals surface area (Å²) in [6.45, 7) is 5.34. The average molecular weight is 542 g/mol. The van der Waals surface area contributed by atoms with Crippen LogP contribution in [-0.4, -0.2) is 59.9 Å². The first-order valence-electron chi connectivity index (χ1n) is 14.4. The number of benzene rings is 2. The van der Waals surface area contributed by atoms with Crippen LogP contribution in [-0.2, 0) is 16.1 Å². The number of carbonyl (C=O) groups excluding carboxylic acids is 2. The Bertz CT molecular complexity index is 1110. The Balaban J connectivity index is 0.00000336. The number of piperazine rings is 1. The van der Waals surface area contributed by atoms with E-state index in [4.69, 9.17) is 4.74 Å². The Morgan fingerprint density at radius 3 is 2.42 bits per heavy atom. The number of likely N-dealkylation sites (tertiary alicyclic amines) is 1. The van der Waals surface area contributed by atoms with Gasteiger partial charge in [-0.25, -0.2) is 0 Å². The number of unbranched alkanes of at least 4 members (excludes halogenated alkanes) is 1. The molecule has 1 aliphatic carbocycles. The van der Waals surface area contributed by atoms with E-state index in [0.29, 0.717) is 25.3 Å². The van der Waals surface area contributed by atoms with E-state index in [1.807, 2.05) is 11.0 Å². The predicted molar refractivity (Wildman–Crippen MR) is 155 cm³/mol. The highest BCUT2D eigenvalue weighted by molar-refractivity contribution is 6.00. The van der Waals surface area contributed by atoms with Crippen LogP contribution in [0.3, 0.4) is 0 Å². The maximum Gasteiger partial charge on any atom is 0.246 e. The highest BCUT2D eigenvalue weighted by atomic mass is 35.5. The molecule has 7 heteroatoms. The van der Waals surface area contributed by atoms with Crippen molar-refractivity contribution in [1.82, 2.24) is 15.1 Å². The standard InChI is InChI=1S/C31H43N3O3.ClH/c1-3-4-16-34-29(35)28(20-23-8-6-5-7-9-23)32-30(36)31(34)14-17-33(18-15-31)22-24-10-11-26-21-27(37-2)13-12-25(26)19-24;/h10-13,19,21,23,28H,3-9,14-18,20,22H2,1-2H3,(H,32,36);1H. The van der Waals surface area contributed by atoms with Crippen molar-refractivity contribution in [2.75, 3.05) is 26.7 Å². The third-order valence-electron chi connectivity index (χ3n) is 9.04. The van der Waals surface area contributed by atoms with E-state index in [0.717, 1.165) is 44.6 Å². The van der Waals surface area contributed by atoms with Crippen molar-refractivity contribution in [1.29, 1.82) is 0 Å². The molecular weight excluding hydrogens is 498 g/mol. The van der Waals surface area contributed by atoms with Gasteiger partial charge in [-0.2, -0.15) is 0 Å². The number of ether oxygens (including phenoxy) is 1. The second-order valence-corrected chi connectivity index (χ2v) is 11.5. The van der Waals surface area contributed by atoms with Gasteiger partial charge < -0.3 is 15.0 Å². The molecule has 2 aromatic carbocycles. The smallest absolute Gasteiger partial charge is 0.246 e. The zero-order valence-electron chi connectivity index (χ0n) is 23.0. The molecule has 2 aliphatic heterocycles. The predicted octanol–water partition coefficient (Wildman–Crippen LogP) is 5.70. The van der Waals surface area contributed by atoms with Gasteiger partial charge in [-0.1, -0.05) is 63.6 Å². The maximum absolute atomic E-state index is 13.8. The van der Waals surface area contributed by atoms with Crippen molar-refractivity contribution < 1.29 is 14.3 Å². The minimum Gasteiger partial charge on any atom is -0.497 e. The number of nitrogens with zero attached hydrogens (tertiary/aromatic N) is 2. The first-order valence-corrected chi connectivity index (χ1v) is 14.4. The second kappa shape index (κ2) is 12.7. The fourth-order valence-electron chi connectivity index (χ4n) is 6.77. The van der Waals surface area contributed by atoms with Crippen molar-refractivity contribution in [2.24, 2.45) is 5.92 Å². The summed E-state index contributed by atoms with van der Waals surface area (Å²) < 4.78 is 5.35. The fraction of sp³-hybridized carbons (Fsp3) is 0.613. The number of hydrogen-bond donors (Lipinski definition) is 1. The van der Waals surface area contributed by atoms with Crippen LogP contribution in [0, 0.1) is 5.92 Å². The topological polar surface area (TPSA) is 61.9 Å². The maximum atomic E-state index is 13.8. The van der Waals surface area contributed by atoms with Crippen LogP contribution in [0.1, 0.15) is 76.7 Å². The van der Waals surface area contributed by atoms with E-state index in [1.165, 1.54) is 48.4 Å². The van der Waals surface area contributed by atoms with Gasteiger partial charge in [0.2, 0.25) is 11.8 Å². The van der Waals surface area contributed by atoms with Gasteiger partial charge in [0.05, 0.1) is 7.11 Å². The molecule has 0 bridgehead atoms. The molecule has 38 heavy (non-hydrogen) atoms. The summed E-state index contributed by atoms with van der Waals surface area (Å²) in [4.78, 5) is 31.9. The minimum atomic E-state index is -0.689. The first kappa shape index (κ1) is 28.7. The van der Waals surface area contributed by atoms with Gasteiger partial charge in [-0.05, 0) is 66.1 Å². The van der Waals surface area contributed by atoms with E-state index in [-0.39, 0.29) is 30.3 Å². The summed E-state index contributed by atoms with van der Waals surface area (Å²) in [5.74, 6) is 1.69. The van der Waals surface area contributed by atoms with Crippen molar-refractivity contribution in [3.63, 3.8) is 0 Å². The van der Waals surface area contributed by atoms with E-state index in [9.17, 15) is 9.59 Å². The number of amides is 2. The third kappa shape index (κ3) is 5.96. The minimum absolute atomic E-state index is 0. The van der Waals surface area contributed by atoms with Crippen LogP contribution in [0.2, 0.25) is 0 Å². The number of methoxy groups -OCH3 is 1. The van der Waals surface area contributed by atoms with Gasteiger partial charge in [0.15, 0.2) is 0 Å². The van der Waals surface area contributed by atoms with Crippen LogP contribution in [0.5, 0.6) is 5.75 Å². The van der Waals surface area contributed by atoms with Crippen molar-refractivity contribution in [3.8, 4) is 5.75 Å². The zero-order chi connectivity index (χ0) is 25.8. The molecule has 3 fully saturated rings. The molecule has 5 rings (SSSR count). The Hall–Kier alpha value is -2.31. The van der Waals surface area contributed by atoms with Crippen LogP contribution in [0.25, 0.3) is 10.8 Å². The lowest BCUT2D eigenvalue weighted by molar-refractivity contribution is -0.162. The lowest BCUT2D eigenvalue weighted by Crippen LogP contribution is -2.73. The van der Waals surface area contributed by atoms with Gasteiger partial charge >= 0.3 is 0 Å². The second-order valence-electron chi connectivity index (χ2n) is 11.5. The molecule has 1 N–H and O–H groups in total. The fourth-order valence-corrected chi connectivity index (χ4v) is 6.77. The molecule has 6 nitrogen and oxygen atoms in total. The number of nitrogens with one attached hydrogen (secondary N) is 1. The molecule has 208 valence electrons. The largest absolute Gasteiger partial charge is 0.497 e. The van der Waals surface area contributed by atoms with Gasteiger partial charge in [-0.3, -0.25) is 14.5 Å². The van der Waals surface area contributed by atoms with Crippen molar-refractivity contribution >= 4 is 35.0 Å². The number of fused-ring (bicyclic) bond motifs is 1. The van der Waals surface area contributed by atoms with Gasteiger partial charge in [0.25, 0.3) is 0 Å². The summed E-state index contributed by atoms with van der Waals surface area (Å²) in [5, 5.41) is 5.60. The summed E-state index contributed by atoms with van der Waals surface area (Å²) in [7, 11) is 1.69. The van der Waals surface area contributed by atoms with E-state index < -0.39 is 5.54 Å². The van der Waals surface area contributed by atoms with Crippen LogP contribution in [0.4, 0.5) is 0 Å². The Morgan fingerprint density at radius 2 is 1.71 bits per heavy atom. The van der Waals surface area contributed by atoms with Crippen LogP contribution >= 0.6 is 12.4 Å². The monoisotopic (exact) mass is 541 g/mol. The van der Waals surface area contributed by atoms with Crippen LogP contribution in [0.15, 0.2) is 36.4 Å². The quantitative estimate of drug-likeness (QED) is 0.465. The Labute approximate surface area is 233 Å². The molecule has 3 aliphatic rings. The molecule has 2 heterocycles. The SMILES string of the molecule is CCCCN1C(=O)C(CC2CCCCC2)NC(=O)C12CCN(Cc1ccc3cc(OC)ccc3c1)CC2.Cl. The molecule has 2 saturated heterocycles. The van der Waals surface area contributed by atoms with Gasteiger partial charge in [-0.15, -0.1) is 12.4 Å². The number of carbonyl (C=O) groups is 2. The lowest BCUT2D eigenvalue weighted by Gasteiger charge is -2.52. The first-order chi connectivity index (χ1) is 18.0. The average Bonchev–Trinajstić information content (AvgIpc) is 2.93. The highest BCUT2D eigenvalue weighted by Gasteiger charge is 2.53. The molecule has 2 amide bonds. The highest BCUT2D eigenvalue weighted by Crippen LogP contribution is 2.36. The number of piperidine rings is 1. The summed E-state index contributed by atoms with van der Waals surface area (Å²) in [6, 6.07) is 12.4. The lowest BCUT2D eigenvalue weighted by atomic mass is 9.79. The molecule has 1 saturated carbocycles. The number of halogens is 1. The number of rotatable bonds is 8. The normalized spacial score (nSPS) is 22.4. The zero-order valence-corrected chi connectivity index (χ0v) is 23.9. The van der Waals surface area contributed by atoms with Gasteiger partial charge in [0, 0.05) is 26.2 Å².